The van der Waals surface area contributed by atoms with E-state index in [1.807, 2.05) is 78.9 Å². The van der Waals surface area contributed by atoms with E-state index in [1.165, 1.54) is 56.6 Å². The molecule has 3 nitrogen and oxygen atoms in total. The lowest BCUT2D eigenvalue weighted by atomic mass is 9.90. The fourth-order valence-electron chi connectivity index (χ4n) is 11.1. The quantitative estimate of drug-likeness (QED) is 0.152. The first-order valence-electron chi connectivity index (χ1n) is 24.4. The zero-order valence-corrected chi connectivity index (χ0v) is 41.4. The molecule has 0 unspecified atom stereocenters. The molecular weight excluding hydrogens is 892 g/mol. The van der Waals surface area contributed by atoms with Gasteiger partial charge >= 0.3 is 6.18 Å². The Bertz CT molecular complexity index is 3700. The molecule has 6 heteroatoms. The number of halogens is 3. The molecule has 11 aromatic rings. The summed E-state index contributed by atoms with van der Waals surface area (Å²) in [4.78, 5) is 10.3. The second kappa shape index (κ2) is 18.1. The molecule has 0 aliphatic heterocycles. The second-order valence-corrected chi connectivity index (χ2v) is 19.4. The predicted molar refractivity (Wildman–Crippen MR) is 293 cm³/mol. The largest absolute Gasteiger partial charge is 0.416 e. The van der Waals surface area contributed by atoms with Gasteiger partial charge in [-0.05, 0) is 159 Å². The molecule has 0 bridgehead atoms. The molecule has 0 spiro atoms. The zero-order chi connectivity index (χ0) is 50.0. The first kappa shape index (κ1) is 46.1. The van der Waals surface area contributed by atoms with E-state index in [9.17, 15) is 13.2 Å². The molecule has 0 aliphatic carbocycles. The van der Waals surface area contributed by atoms with E-state index in [0.29, 0.717) is 22.6 Å². The van der Waals surface area contributed by atoms with Crippen LogP contribution in [0.4, 0.5) is 13.2 Å². The maximum Gasteiger partial charge on any atom is 0.416 e. The van der Waals surface area contributed by atoms with E-state index in [0.717, 1.165) is 83.8 Å². The van der Waals surface area contributed by atoms with Crippen LogP contribution in [0.1, 0.15) is 44.5 Å². The lowest BCUT2D eigenvalue weighted by molar-refractivity contribution is -0.137. The molecule has 0 saturated carbocycles. The summed E-state index contributed by atoms with van der Waals surface area (Å²) in [5.74, 6) is 0.542. The Hall–Kier alpha value is -8.35. The highest BCUT2D eigenvalue weighted by atomic mass is 19.4. The van der Waals surface area contributed by atoms with Crippen LogP contribution in [0.3, 0.4) is 0 Å². The molecule has 72 heavy (non-hydrogen) atoms. The van der Waals surface area contributed by atoms with Crippen LogP contribution in [0.5, 0.6) is 0 Å². The molecule has 11 rings (SSSR count). The fraction of sp³-hybridized carbons (Fsp3) is 0.121. The summed E-state index contributed by atoms with van der Waals surface area (Å²) in [6.45, 7) is 15.0. The molecule has 2 heterocycles. The van der Waals surface area contributed by atoms with Crippen LogP contribution in [-0.2, 0) is 6.18 Å². The van der Waals surface area contributed by atoms with E-state index in [2.05, 4.69) is 138 Å². The Balaban J connectivity index is 1.28. The summed E-state index contributed by atoms with van der Waals surface area (Å²) in [6, 6.07) is 62.4. The number of alkyl halides is 3. The van der Waals surface area contributed by atoms with Gasteiger partial charge in [0, 0.05) is 38.6 Å². The lowest BCUT2D eigenvalue weighted by Crippen LogP contribution is -2.06. The van der Waals surface area contributed by atoms with Crippen LogP contribution in [-0.4, -0.2) is 14.5 Å². The van der Waals surface area contributed by atoms with Gasteiger partial charge in [0.1, 0.15) is 0 Å². The number of fused-ring (bicyclic) bond motifs is 3. The molecule has 352 valence electrons. The molecule has 0 N–H and O–H groups in total. The third-order valence-corrected chi connectivity index (χ3v) is 14.0. The van der Waals surface area contributed by atoms with Crippen molar-refractivity contribution in [2.24, 2.45) is 0 Å². The Labute approximate surface area is 419 Å². The molecule has 0 amide bonds. The highest BCUT2D eigenvalue weighted by molar-refractivity contribution is 6.13. The van der Waals surface area contributed by atoms with E-state index in [-0.39, 0.29) is 0 Å². The third-order valence-electron chi connectivity index (χ3n) is 14.0. The number of benzene rings is 9. The number of rotatable bonds is 8. The molecule has 0 saturated heterocycles. The van der Waals surface area contributed by atoms with Crippen LogP contribution in [0.2, 0.25) is 0 Å². The molecule has 0 atom stereocenters. The maximum atomic E-state index is 14.9. The number of hydrogen-bond donors (Lipinski definition) is 0. The molecule has 9 aromatic carbocycles. The zero-order valence-electron chi connectivity index (χ0n) is 41.4. The van der Waals surface area contributed by atoms with Crippen molar-refractivity contribution in [2.75, 3.05) is 0 Å². The van der Waals surface area contributed by atoms with Gasteiger partial charge in [0.25, 0.3) is 0 Å². The van der Waals surface area contributed by atoms with Crippen LogP contribution in [0.25, 0.3) is 106 Å². The number of aryl methyl sites for hydroxylation is 7. The van der Waals surface area contributed by atoms with Crippen LogP contribution < -0.4 is 0 Å². The van der Waals surface area contributed by atoms with Gasteiger partial charge in [0.05, 0.1) is 33.7 Å². The average Bonchev–Trinajstić information content (AvgIpc) is 3.68. The maximum absolute atomic E-state index is 14.9. The van der Waals surface area contributed by atoms with Crippen molar-refractivity contribution in [2.45, 2.75) is 54.6 Å². The Morgan fingerprint density at radius 3 is 1.32 bits per heavy atom. The average molecular weight is 944 g/mol. The van der Waals surface area contributed by atoms with Crippen molar-refractivity contribution in [3.8, 4) is 84.1 Å². The topological polar surface area (TPSA) is 30.7 Å². The van der Waals surface area contributed by atoms with E-state index >= 15 is 0 Å². The predicted octanol–water partition coefficient (Wildman–Crippen LogP) is 18.4. The van der Waals surface area contributed by atoms with Crippen LogP contribution in [0.15, 0.2) is 188 Å². The minimum atomic E-state index is -4.58. The van der Waals surface area contributed by atoms with Gasteiger partial charge in [-0.3, -0.25) is 0 Å². The van der Waals surface area contributed by atoms with Crippen molar-refractivity contribution in [1.82, 2.24) is 14.5 Å². The SMILES string of the molecule is Cc1cccc(-c2cc(-c3cc(-c4ccccc4)nc(-c4ccccc4)n3)cc(-c3cccc(C(F)(F)F)c3)c2-n2c3ccc(-c4c(C)cc(C)cc4C)cc3c3cc(-c4c(C)cc(C)cc4C)ccc32)c1. The summed E-state index contributed by atoms with van der Waals surface area (Å²) in [5.41, 5.74) is 21.4. The van der Waals surface area contributed by atoms with Gasteiger partial charge in [0.15, 0.2) is 5.82 Å². The molecular formula is C66H52F3N3. The summed E-state index contributed by atoms with van der Waals surface area (Å²) in [7, 11) is 0. The molecule has 0 aliphatic rings. The first-order chi connectivity index (χ1) is 34.7. The lowest BCUT2D eigenvalue weighted by Gasteiger charge is -2.22. The second-order valence-electron chi connectivity index (χ2n) is 19.4. The summed E-state index contributed by atoms with van der Waals surface area (Å²) < 4.78 is 47.0. The summed E-state index contributed by atoms with van der Waals surface area (Å²) in [5, 5.41) is 2.08. The Morgan fingerprint density at radius 1 is 0.361 bits per heavy atom. The smallest absolute Gasteiger partial charge is 0.308 e. The first-order valence-corrected chi connectivity index (χ1v) is 24.4. The van der Waals surface area contributed by atoms with Gasteiger partial charge in [-0.15, -0.1) is 0 Å². The number of hydrogen-bond acceptors (Lipinski definition) is 2. The molecule has 2 aromatic heterocycles. The summed E-state index contributed by atoms with van der Waals surface area (Å²) >= 11 is 0. The minimum absolute atomic E-state index is 0.427. The number of nitrogens with zero attached hydrogens (tertiary/aromatic N) is 3. The van der Waals surface area contributed by atoms with Crippen molar-refractivity contribution < 1.29 is 13.2 Å². The van der Waals surface area contributed by atoms with Crippen molar-refractivity contribution >= 4 is 21.8 Å². The van der Waals surface area contributed by atoms with E-state index in [4.69, 9.17) is 9.97 Å². The van der Waals surface area contributed by atoms with Crippen molar-refractivity contribution in [3.63, 3.8) is 0 Å². The third kappa shape index (κ3) is 8.47. The fourth-order valence-corrected chi connectivity index (χ4v) is 11.1. The van der Waals surface area contributed by atoms with Crippen LogP contribution >= 0.6 is 0 Å². The van der Waals surface area contributed by atoms with E-state index < -0.39 is 11.7 Å². The Kier molecular flexibility index (Phi) is 11.6. The Morgan fingerprint density at radius 2 is 0.819 bits per heavy atom. The standard InChI is InChI=1S/C66H52F3N3/c1-39-16-14-21-48(32-39)54-36-52(59-38-58(46-17-10-8-11-18-46)70-65(71-59)47-19-12-9-13-20-47)37-55(49-22-15-23-53(33-49)66(67,68)69)64(54)72-60-26-24-50(62-42(4)28-40(2)29-43(62)5)34-56(60)57-35-51(25-27-61(57)72)63-44(6)30-41(3)31-45(63)7/h8-38H,1-7H3. The van der Waals surface area contributed by atoms with E-state index in [1.54, 1.807) is 6.07 Å². The monoisotopic (exact) mass is 943 g/mol. The van der Waals surface area contributed by atoms with Gasteiger partial charge in [-0.1, -0.05) is 150 Å². The molecule has 0 radical (unpaired) electrons. The highest BCUT2D eigenvalue weighted by Crippen LogP contribution is 2.47. The molecule has 0 fully saturated rings. The normalized spacial score (nSPS) is 11.8. The van der Waals surface area contributed by atoms with Gasteiger partial charge in [0.2, 0.25) is 0 Å². The number of aromatic nitrogens is 3. The van der Waals surface area contributed by atoms with Crippen molar-refractivity contribution in [1.29, 1.82) is 0 Å². The van der Waals surface area contributed by atoms with Gasteiger partial charge in [-0.2, -0.15) is 13.2 Å². The van der Waals surface area contributed by atoms with Gasteiger partial charge in [-0.25, -0.2) is 9.97 Å². The van der Waals surface area contributed by atoms with Crippen LogP contribution in [0, 0.1) is 48.5 Å². The van der Waals surface area contributed by atoms with Crippen molar-refractivity contribution in [3.05, 3.63) is 233 Å². The minimum Gasteiger partial charge on any atom is -0.308 e. The summed E-state index contributed by atoms with van der Waals surface area (Å²) in [6.07, 6.45) is -4.58. The highest BCUT2D eigenvalue weighted by Gasteiger charge is 2.31. The van der Waals surface area contributed by atoms with Gasteiger partial charge < -0.3 is 4.57 Å².